The second-order valence-electron chi connectivity index (χ2n) is 11.3. The predicted octanol–water partition coefficient (Wildman–Crippen LogP) is 7.06. The normalized spacial score (nSPS) is 17.2. The van der Waals surface area contributed by atoms with E-state index in [1.165, 1.54) is 4.90 Å². The number of rotatable bonds is 6. The Morgan fingerprint density at radius 3 is 2.05 bits per heavy atom. The summed E-state index contributed by atoms with van der Waals surface area (Å²) in [5.74, 6) is -0.133. The molecule has 1 aliphatic rings. The number of benzene rings is 3. The number of ether oxygens (including phenoxy) is 2. The Balaban J connectivity index is 1.95. The fourth-order valence-corrected chi connectivity index (χ4v) is 5.05. The molecule has 39 heavy (non-hydrogen) atoms. The number of anilines is 1. The summed E-state index contributed by atoms with van der Waals surface area (Å²) in [7, 11) is 3.19. The molecule has 6 heteroatoms. The first-order chi connectivity index (χ1) is 18.4. The quantitative estimate of drug-likeness (QED) is 0.211. The van der Waals surface area contributed by atoms with Crippen LogP contribution in [-0.2, 0) is 15.0 Å². The Morgan fingerprint density at radius 2 is 1.54 bits per heavy atom. The number of aliphatic hydroxyl groups excluding tert-OH is 1. The predicted molar refractivity (Wildman–Crippen MR) is 155 cm³/mol. The molecule has 1 unspecified atom stereocenters. The van der Waals surface area contributed by atoms with Crippen LogP contribution in [0, 0.1) is 6.92 Å². The molecule has 1 aliphatic heterocycles. The van der Waals surface area contributed by atoms with Gasteiger partial charge in [0.05, 0.1) is 25.8 Å². The summed E-state index contributed by atoms with van der Waals surface area (Å²) in [6.45, 7) is 12.3. The molecule has 3 aromatic rings. The molecule has 6 nitrogen and oxygen atoms in total. The van der Waals surface area contributed by atoms with Crippen molar-refractivity contribution in [1.82, 2.24) is 0 Å². The Morgan fingerprint density at radius 1 is 0.923 bits per heavy atom. The zero-order valence-corrected chi connectivity index (χ0v) is 24.0. The molecule has 1 heterocycles. The van der Waals surface area contributed by atoms with E-state index in [0.29, 0.717) is 28.3 Å². The van der Waals surface area contributed by atoms with Gasteiger partial charge in [-0.3, -0.25) is 14.5 Å². The smallest absolute Gasteiger partial charge is 0.300 e. The minimum atomic E-state index is -0.819. The van der Waals surface area contributed by atoms with Crippen LogP contribution in [0.2, 0.25) is 0 Å². The zero-order valence-electron chi connectivity index (χ0n) is 24.0. The summed E-state index contributed by atoms with van der Waals surface area (Å²) in [6, 6.07) is 17.8. The van der Waals surface area contributed by atoms with Gasteiger partial charge in [-0.25, -0.2) is 0 Å². The summed E-state index contributed by atoms with van der Waals surface area (Å²) < 4.78 is 10.9. The second kappa shape index (κ2) is 10.6. The molecule has 0 spiro atoms. The topological polar surface area (TPSA) is 76.1 Å². The molecule has 1 saturated heterocycles. The van der Waals surface area contributed by atoms with Gasteiger partial charge in [0.15, 0.2) is 0 Å². The number of Topliss-reactive ketones (excluding diaryl/α,β-unsaturated/α-hetero) is 1. The van der Waals surface area contributed by atoms with E-state index in [1.807, 2.05) is 69.3 Å². The zero-order chi connectivity index (χ0) is 28.6. The van der Waals surface area contributed by atoms with Crippen LogP contribution < -0.4 is 14.4 Å². The highest BCUT2D eigenvalue weighted by Gasteiger charge is 2.47. The first kappa shape index (κ1) is 28.0. The van der Waals surface area contributed by atoms with E-state index in [1.54, 1.807) is 26.4 Å². The average Bonchev–Trinajstić information content (AvgIpc) is 3.17. The van der Waals surface area contributed by atoms with E-state index in [2.05, 4.69) is 20.8 Å². The fraction of sp³-hybridized carbons (Fsp3) is 0.333. The summed E-state index contributed by atoms with van der Waals surface area (Å²) in [6.07, 6.45) is 0. The van der Waals surface area contributed by atoms with Crippen LogP contribution in [0.15, 0.2) is 66.2 Å². The first-order valence-corrected chi connectivity index (χ1v) is 13.1. The second-order valence-corrected chi connectivity index (χ2v) is 11.3. The lowest BCUT2D eigenvalue weighted by Gasteiger charge is -2.27. The Labute approximate surface area is 230 Å². The van der Waals surface area contributed by atoms with Gasteiger partial charge in [-0.05, 0) is 76.9 Å². The lowest BCUT2D eigenvalue weighted by Crippen LogP contribution is -2.29. The van der Waals surface area contributed by atoms with Crippen molar-refractivity contribution in [2.75, 3.05) is 19.1 Å². The third-order valence-corrected chi connectivity index (χ3v) is 7.34. The van der Waals surface area contributed by atoms with Crippen molar-refractivity contribution in [3.63, 3.8) is 0 Å². The van der Waals surface area contributed by atoms with Crippen LogP contribution in [-0.4, -0.2) is 31.0 Å². The van der Waals surface area contributed by atoms with Gasteiger partial charge >= 0.3 is 0 Å². The Hall–Kier alpha value is -4.06. The van der Waals surface area contributed by atoms with Gasteiger partial charge in [0.1, 0.15) is 17.3 Å². The van der Waals surface area contributed by atoms with E-state index in [9.17, 15) is 14.7 Å². The number of amides is 1. The monoisotopic (exact) mass is 527 g/mol. The minimum absolute atomic E-state index is 0.0491. The van der Waals surface area contributed by atoms with E-state index in [-0.39, 0.29) is 22.7 Å². The number of hydrogen-bond acceptors (Lipinski definition) is 5. The van der Waals surface area contributed by atoms with Crippen LogP contribution in [0.1, 0.15) is 74.4 Å². The minimum Gasteiger partial charge on any atom is -0.507 e. The number of aryl methyl sites for hydroxylation is 1. The molecule has 0 aromatic heterocycles. The maximum Gasteiger partial charge on any atom is 0.300 e. The molecular weight excluding hydrogens is 490 g/mol. The Bertz CT molecular complexity index is 1430. The number of aliphatic hydroxyl groups is 1. The molecule has 1 N–H and O–H groups in total. The van der Waals surface area contributed by atoms with Gasteiger partial charge in [0, 0.05) is 11.3 Å². The van der Waals surface area contributed by atoms with Crippen LogP contribution >= 0.6 is 0 Å². The summed E-state index contributed by atoms with van der Waals surface area (Å²) in [5.41, 5.74) is 4.50. The van der Waals surface area contributed by atoms with Crippen molar-refractivity contribution < 1.29 is 24.2 Å². The van der Waals surface area contributed by atoms with Crippen LogP contribution in [0.3, 0.4) is 0 Å². The molecule has 0 bridgehead atoms. The van der Waals surface area contributed by atoms with Gasteiger partial charge in [0.2, 0.25) is 0 Å². The molecule has 1 atom stereocenters. The third kappa shape index (κ3) is 5.16. The van der Waals surface area contributed by atoms with Gasteiger partial charge in [0.25, 0.3) is 11.7 Å². The molecule has 0 aliphatic carbocycles. The van der Waals surface area contributed by atoms with Gasteiger partial charge in [-0.15, -0.1) is 0 Å². The fourth-order valence-electron chi connectivity index (χ4n) is 5.05. The number of hydrogen-bond donors (Lipinski definition) is 1. The van der Waals surface area contributed by atoms with Crippen molar-refractivity contribution in [3.05, 3.63) is 94.1 Å². The molecule has 0 radical (unpaired) electrons. The van der Waals surface area contributed by atoms with Crippen molar-refractivity contribution >= 4 is 23.1 Å². The molecule has 3 aromatic carbocycles. The molecular formula is C33H37NO5. The molecule has 1 amide bonds. The van der Waals surface area contributed by atoms with Crippen molar-refractivity contribution in [3.8, 4) is 11.5 Å². The lowest BCUT2D eigenvalue weighted by atomic mass is 9.87. The Kier molecular flexibility index (Phi) is 7.60. The number of carbonyl (C=O) groups is 2. The third-order valence-electron chi connectivity index (χ3n) is 7.34. The van der Waals surface area contributed by atoms with Gasteiger partial charge in [-0.2, -0.15) is 0 Å². The number of nitrogens with zero attached hydrogens (tertiary/aromatic N) is 1. The first-order valence-electron chi connectivity index (χ1n) is 13.1. The standard InChI is InChI=1S/C33H37NO5/c1-19(2)25-18-26(20(3)17-27(25)39-8)30(35)28-29(21-9-15-24(38-7)16-10-21)34(32(37)31(28)36)23-13-11-22(12-14-23)33(4,5)6/h9-19,29,35H,1-8H3/b30-28+. The highest BCUT2D eigenvalue weighted by atomic mass is 16.5. The summed E-state index contributed by atoms with van der Waals surface area (Å²) in [5, 5.41) is 11.7. The maximum absolute atomic E-state index is 13.6. The molecule has 0 saturated carbocycles. The van der Waals surface area contributed by atoms with Crippen molar-refractivity contribution in [2.45, 2.75) is 58.9 Å². The van der Waals surface area contributed by atoms with Gasteiger partial charge < -0.3 is 14.6 Å². The van der Waals surface area contributed by atoms with Crippen molar-refractivity contribution in [2.24, 2.45) is 0 Å². The lowest BCUT2D eigenvalue weighted by molar-refractivity contribution is -0.132. The number of methoxy groups -OCH3 is 2. The molecule has 204 valence electrons. The molecule has 1 fully saturated rings. The van der Waals surface area contributed by atoms with E-state index in [0.717, 1.165) is 16.7 Å². The number of carbonyl (C=O) groups excluding carboxylic acids is 2. The average molecular weight is 528 g/mol. The summed E-state index contributed by atoms with van der Waals surface area (Å²) in [4.78, 5) is 28.7. The van der Waals surface area contributed by atoms with E-state index >= 15 is 0 Å². The van der Waals surface area contributed by atoms with Crippen LogP contribution in [0.25, 0.3) is 5.76 Å². The largest absolute Gasteiger partial charge is 0.507 e. The molecule has 4 rings (SSSR count). The summed E-state index contributed by atoms with van der Waals surface area (Å²) >= 11 is 0. The maximum atomic E-state index is 13.6. The van der Waals surface area contributed by atoms with Crippen LogP contribution in [0.4, 0.5) is 5.69 Å². The van der Waals surface area contributed by atoms with E-state index in [4.69, 9.17) is 9.47 Å². The van der Waals surface area contributed by atoms with Gasteiger partial charge in [-0.1, -0.05) is 58.9 Å². The number of ketones is 1. The highest BCUT2D eigenvalue weighted by molar-refractivity contribution is 6.51. The van der Waals surface area contributed by atoms with Crippen molar-refractivity contribution in [1.29, 1.82) is 0 Å². The van der Waals surface area contributed by atoms with Crippen LogP contribution in [0.5, 0.6) is 11.5 Å². The van der Waals surface area contributed by atoms with E-state index < -0.39 is 17.7 Å². The SMILES string of the molecule is COc1ccc(C2/C(=C(\O)c3cc(C(C)C)c(OC)cc3C)C(=O)C(=O)N2c2ccc(C(C)(C)C)cc2)cc1. The highest BCUT2D eigenvalue weighted by Crippen LogP contribution is 2.44.